The molecule has 8 nitrogen and oxygen atoms in total. The fourth-order valence-corrected chi connectivity index (χ4v) is 3.39. The third kappa shape index (κ3) is 5.79. The molecule has 1 N–H and O–H groups in total. The first-order valence-corrected chi connectivity index (χ1v) is 9.55. The first-order chi connectivity index (χ1) is 13.1. The molecular formula is C19H31IN8. The van der Waals surface area contributed by atoms with E-state index in [9.17, 15) is 0 Å². The van der Waals surface area contributed by atoms with Crippen LogP contribution in [0, 0.1) is 19.8 Å². The van der Waals surface area contributed by atoms with E-state index in [0.717, 1.165) is 56.9 Å². The summed E-state index contributed by atoms with van der Waals surface area (Å²) < 4.78 is 2.09. The highest BCUT2D eigenvalue weighted by Crippen LogP contribution is 2.10. The molecule has 3 rings (SSSR count). The van der Waals surface area contributed by atoms with E-state index in [4.69, 9.17) is 0 Å². The molecule has 0 spiro atoms. The van der Waals surface area contributed by atoms with Gasteiger partial charge < -0.3 is 15.1 Å². The minimum atomic E-state index is 0. The summed E-state index contributed by atoms with van der Waals surface area (Å²) in [5.41, 5.74) is 2.28. The molecule has 2 aromatic rings. The maximum Gasteiger partial charge on any atom is 0.225 e. The van der Waals surface area contributed by atoms with Crippen LogP contribution in [0.4, 0.5) is 5.95 Å². The van der Waals surface area contributed by atoms with Crippen molar-refractivity contribution < 1.29 is 0 Å². The van der Waals surface area contributed by atoms with Gasteiger partial charge in [-0.1, -0.05) is 6.92 Å². The Kier molecular flexibility index (Phi) is 8.46. The molecule has 1 aliphatic heterocycles. The topological polar surface area (TPSA) is 74.5 Å². The Morgan fingerprint density at radius 1 is 1.18 bits per heavy atom. The zero-order chi connectivity index (χ0) is 19.2. The first kappa shape index (κ1) is 22.4. The fraction of sp³-hybridized carbons (Fsp3) is 0.579. The summed E-state index contributed by atoms with van der Waals surface area (Å²) in [4.78, 5) is 17.7. The van der Waals surface area contributed by atoms with E-state index in [0.29, 0.717) is 5.92 Å². The van der Waals surface area contributed by atoms with Crippen molar-refractivity contribution in [2.75, 3.05) is 44.7 Å². The van der Waals surface area contributed by atoms with Gasteiger partial charge in [0, 0.05) is 64.4 Å². The molecular weight excluding hydrogens is 467 g/mol. The van der Waals surface area contributed by atoms with Crippen LogP contribution in [0.2, 0.25) is 0 Å². The zero-order valence-corrected chi connectivity index (χ0v) is 19.5. The van der Waals surface area contributed by atoms with Crippen LogP contribution < -0.4 is 10.2 Å². The van der Waals surface area contributed by atoms with Gasteiger partial charge in [0.25, 0.3) is 0 Å². The molecule has 0 aliphatic carbocycles. The predicted octanol–water partition coefficient (Wildman–Crippen LogP) is 1.94. The normalized spacial score (nSPS) is 15.9. The highest BCUT2D eigenvalue weighted by molar-refractivity contribution is 14.0. The molecule has 154 valence electrons. The smallest absolute Gasteiger partial charge is 0.225 e. The molecule has 2 aromatic heterocycles. The molecule has 1 atom stereocenters. The average molecular weight is 498 g/mol. The summed E-state index contributed by atoms with van der Waals surface area (Å²) in [6.07, 6.45) is 3.58. The lowest BCUT2D eigenvalue weighted by Crippen LogP contribution is -2.53. The molecule has 0 aromatic carbocycles. The molecule has 0 saturated carbocycles. The van der Waals surface area contributed by atoms with Gasteiger partial charge in [-0.05, 0) is 31.9 Å². The van der Waals surface area contributed by atoms with E-state index in [1.54, 1.807) is 12.4 Å². The van der Waals surface area contributed by atoms with Gasteiger partial charge in [0.05, 0.1) is 5.69 Å². The number of hydrogen-bond acceptors (Lipinski definition) is 5. The predicted molar refractivity (Wildman–Crippen MR) is 123 cm³/mol. The number of nitrogens with one attached hydrogen (secondary N) is 1. The second kappa shape index (κ2) is 10.6. The Hall–Kier alpha value is -1.91. The molecule has 0 bridgehead atoms. The van der Waals surface area contributed by atoms with E-state index in [1.165, 1.54) is 5.69 Å². The van der Waals surface area contributed by atoms with Crippen LogP contribution in [-0.2, 0) is 6.54 Å². The average Bonchev–Trinajstić information content (AvgIpc) is 3.00. The lowest BCUT2D eigenvalue weighted by Gasteiger charge is -2.36. The third-order valence-corrected chi connectivity index (χ3v) is 4.82. The Morgan fingerprint density at radius 2 is 1.86 bits per heavy atom. The van der Waals surface area contributed by atoms with Gasteiger partial charge >= 0.3 is 0 Å². The van der Waals surface area contributed by atoms with E-state index in [1.807, 2.05) is 20.0 Å². The number of aromatic nitrogens is 4. The number of piperazine rings is 1. The number of hydrogen-bond donors (Lipinski definition) is 1. The number of aliphatic imine (C=N–C) groups is 1. The van der Waals surface area contributed by atoms with Crippen LogP contribution in [-0.4, -0.2) is 70.4 Å². The van der Waals surface area contributed by atoms with Crippen LogP contribution in [0.5, 0.6) is 0 Å². The Labute approximate surface area is 184 Å². The second-order valence-electron chi connectivity index (χ2n) is 7.17. The van der Waals surface area contributed by atoms with Crippen molar-refractivity contribution in [1.82, 2.24) is 30.0 Å². The number of aryl methyl sites for hydroxylation is 2. The highest BCUT2D eigenvalue weighted by atomic mass is 127. The summed E-state index contributed by atoms with van der Waals surface area (Å²) in [7, 11) is 1.85. The van der Waals surface area contributed by atoms with E-state index >= 15 is 0 Å². The Morgan fingerprint density at radius 3 is 2.43 bits per heavy atom. The number of guanidine groups is 1. The molecule has 1 aliphatic rings. The first-order valence-electron chi connectivity index (χ1n) is 9.55. The standard InChI is InChI=1S/C19H30N8.HI/c1-15(14-27-17(3)12-16(2)24-27)13-23-18(20-4)25-8-10-26(11-9-25)19-21-6-5-7-22-19;/h5-7,12,15H,8-11,13-14H2,1-4H3,(H,20,23);1H. The molecule has 0 amide bonds. The monoisotopic (exact) mass is 498 g/mol. The molecule has 0 radical (unpaired) electrons. The van der Waals surface area contributed by atoms with Crippen molar-refractivity contribution in [2.24, 2.45) is 10.9 Å². The summed E-state index contributed by atoms with van der Waals surface area (Å²) in [6.45, 7) is 11.8. The van der Waals surface area contributed by atoms with Crippen molar-refractivity contribution in [1.29, 1.82) is 0 Å². The van der Waals surface area contributed by atoms with Gasteiger partial charge in [0.2, 0.25) is 5.95 Å². The number of halogens is 1. The maximum absolute atomic E-state index is 4.56. The van der Waals surface area contributed by atoms with Crippen molar-refractivity contribution in [3.63, 3.8) is 0 Å². The third-order valence-electron chi connectivity index (χ3n) is 4.82. The minimum Gasteiger partial charge on any atom is -0.356 e. The van der Waals surface area contributed by atoms with E-state index < -0.39 is 0 Å². The van der Waals surface area contributed by atoms with Crippen LogP contribution in [0.15, 0.2) is 29.5 Å². The van der Waals surface area contributed by atoms with Gasteiger partial charge in [-0.2, -0.15) is 5.10 Å². The van der Waals surface area contributed by atoms with Crippen molar-refractivity contribution >= 4 is 35.9 Å². The Bertz CT molecular complexity index is 753. The summed E-state index contributed by atoms with van der Waals surface area (Å²) in [5.74, 6) is 2.22. The lowest BCUT2D eigenvalue weighted by molar-refractivity contribution is 0.361. The van der Waals surface area contributed by atoms with E-state index in [2.05, 4.69) is 59.8 Å². The van der Waals surface area contributed by atoms with Crippen LogP contribution in [0.3, 0.4) is 0 Å². The molecule has 1 saturated heterocycles. The fourth-order valence-electron chi connectivity index (χ4n) is 3.39. The molecule has 1 unspecified atom stereocenters. The second-order valence-corrected chi connectivity index (χ2v) is 7.17. The quantitative estimate of drug-likeness (QED) is 0.386. The largest absolute Gasteiger partial charge is 0.356 e. The summed E-state index contributed by atoms with van der Waals surface area (Å²) in [5, 5.41) is 8.08. The number of rotatable bonds is 5. The Balaban J connectivity index is 0.00000280. The SMILES string of the molecule is CN=C(NCC(C)Cn1nc(C)cc1C)N1CCN(c2ncccn2)CC1.I. The summed E-state index contributed by atoms with van der Waals surface area (Å²) in [6, 6.07) is 3.97. The van der Waals surface area contributed by atoms with E-state index in [-0.39, 0.29) is 24.0 Å². The van der Waals surface area contributed by atoms with Crippen LogP contribution >= 0.6 is 24.0 Å². The van der Waals surface area contributed by atoms with Crippen LogP contribution in [0.1, 0.15) is 18.3 Å². The van der Waals surface area contributed by atoms with Crippen molar-refractivity contribution in [2.45, 2.75) is 27.3 Å². The van der Waals surface area contributed by atoms with Gasteiger partial charge in [0.1, 0.15) is 0 Å². The van der Waals surface area contributed by atoms with Gasteiger partial charge in [0.15, 0.2) is 5.96 Å². The van der Waals surface area contributed by atoms with Gasteiger partial charge in [-0.25, -0.2) is 9.97 Å². The lowest BCUT2D eigenvalue weighted by atomic mass is 10.2. The highest BCUT2D eigenvalue weighted by Gasteiger charge is 2.21. The molecule has 1 fully saturated rings. The molecule has 3 heterocycles. The summed E-state index contributed by atoms with van der Waals surface area (Å²) >= 11 is 0. The number of nitrogens with zero attached hydrogens (tertiary/aromatic N) is 7. The number of anilines is 1. The van der Waals surface area contributed by atoms with Crippen molar-refractivity contribution in [3.8, 4) is 0 Å². The van der Waals surface area contributed by atoms with Crippen LogP contribution in [0.25, 0.3) is 0 Å². The van der Waals surface area contributed by atoms with Gasteiger partial charge in [-0.3, -0.25) is 9.67 Å². The minimum absolute atomic E-state index is 0. The molecule has 9 heteroatoms. The maximum atomic E-state index is 4.56. The molecule has 28 heavy (non-hydrogen) atoms. The van der Waals surface area contributed by atoms with Gasteiger partial charge in [-0.15, -0.1) is 24.0 Å². The zero-order valence-electron chi connectivity index (χ0n) is 17.2. The van der Waals surface area contributed by atoms with Crippen molar-refractivity contribution in [3.05, 3.63) is 35.9 Å².